The van der Waals surface area contributed by atoms with Gasteiger partial charge >= 0.3 is 0 Å². The number of nitrogens with one attached hydrogen (secondary N) is 1. The second-order valence-electron chi connectivity index (χ2n) is 7.87. The molecule has 0 aliphatic heterocycles. The van der Waals surface area contributed by atoms with Crippen LogP contribution in [0.5, 0.6) is 0 Å². The minimum absolute atomic E-state index is 0.164. The zero-order chi connectivity index (χ0) is 21.5. The molecule has 6 heteroatoms. The first-order chi connectivity index (χ1) is 14.5. The van der Waals surface area contributed by atoms with Crippen molar-refractivity contribution in [2.24, 2.45) is 0 Å². The Hall–Kier alpha value is -2.40. The summed E-state index contributed by atoms with van der Waals surface area (Å²) in [7, 11) is 0. The van der Waals surface area contributed by atoms with E-state index in [0.29, 0.717) is 13.0 Å². The molecule has 0 spiro atoms. The first-order valence-electron chi connectivity index (χ1n) is 10.5. The lowest BCUT2D eigenvalue weighted by Gasteiger charge is -2.30. The molecule has 2 aromatic carbocycles. The van der Waals surface area contributed by atoms with Crippen molar-refractivity contribution in [2.45, 2.75) is 57.5 Å². The number of hydrogen-bond acceptors (Lipinski definition) is 2. The second-order valence-corrected chi connectivity index (χ2v) is 8.27. The van der Waals surface area contributed by atoms with Crippen LogP contribution in [0.2, 0.25) is 5.02 Å². The lowest BCUT2D eigenvalue weighted by atomic mass is 10.1. The Morgan fingerprint density at radius 2 is 1.83 bits per heavy atom. The predicted molar refractivity (Wildman–Crippen MR) is 117 cm³/mol. The maximum Gasteiger partial charge on any atom is 0.242 e. The van der Waals surface area contributed by atoms with Crippen molar-refractivity contribution in [3.05, 3.63) is 70.5 Å². The average Bonchev–Trinajstić information content (AvgIpc) is 3.24. The summed E-state index contributed by atoms with van der Waals surface area (Å²) in [5.41, 5.74) is 1.24. The molecule has 160 valence electrons. The number of benzene rings is 2. The molecule has 2 amide bonds. The van der Waals surface area contributed by atoms with Crippen LogP contribution in [-0.2, 0) is 22.4 Å². The molecule has 30 heavy (non-hydrogen) atoms. The maximum absolute atomic E-state index is 14.2. The molecule has 2 aromatic rings. The molecule has 4 nitrogen and oxygen atoms in total. The van der Waals surface area contributed by atoms with E-state index in [2.05, 4.69) is 5.32 Å². The third-order valence-electron chi connectivity index (χ3n) is 5.74. The fourth-order valence-electron chi connectivity index (χ4n) is 3.92. The van der Waals surface area contributed by atoms with Gasteiger partial charge in [0, 0.05) is 23.2 Å². The van der Waals surface area contributed by atoms with Gasteiger partial charge in [-0.15, -0.1) is 0 Å². The largest absolute Gasteiger partial charge is 0.352 e. The smallest absolute Gasteiger partial charge is 0.242 e. The van der Waals surface area contributed by atoms with Crippen LogP contribution in [-0.4, -0.2) is 35.3 Å². The van der Waals surface area contributed by atoms with Crippen LogP contribution < -0.4 is 5.32 Å². The van der Waals surface area contributed by atoms with E-state index < -0.39 is 11.9 Å². The number of nitrogens with zero attached hydrogens (tertiary/aromatic N) is 1. The number of hydrogen-bond donors (Lipinski definition) is 1. The Morgan fingerprint density at radius 1 is 1.13 bits per heavy atom. The maximum atomic E-state index is 14.2. The monoisotopic (exact) mass is 430 g/mol. The van der Waals surface area contributed by atoms with Crippen LogP contribution in [0.15, 0.2) is 48.5 Å². The van der Waals surface area contributed by atoms with Crippen LogP contribution in [0.3, 0.4) is 0 Å². The van der Waals surface area contributed by atoms with Gasteiger partial charge in [-0.3, -0.25) is 9.59 Å². The lowest BCUT2D eigenvalue weighted by molar-refractivity contribution is -0.139. The zero-order valence-electron chi connectivity index (χ0n) is 17.2. The highest BCUT2D eigenvalue weighted by Gasteiger charge is 2.29. The number of amides is 2. The third kappa shape index (κ3) is 5.82. The molecule has 1 atom stereocenters. The molecule has 0 radical (unpaired) electrons. The van der Waals surface area contributed by atoms with E-state index in [1.165, 1.54) is 12.1 Å². The quantitative estimate of drug-likeness (QED) is 0.668. The van der Waals surface area contributed by atoms with Crippen molar-refractivity contribution < 1.29 is 14.0 Å². The highest BCUT2D eigenvalue weighted by Crippen LogP contribution is 2.21. The van der Waals surface area contributed by atoms with Gasteiger partial charge in [0.05, 0.1) is 6.42 Å². The fourth-order valence-corrected chi connectivity index (χ4v) is 4.15. The normalized spacial score (nSPS) is 15.0. The summed E-state index contributed by atoms with van der Waals surface area (Å²) in [6.07, 6.45) is 4.60. The van der Waals surface area contributed by atoms with Crippen molar-refractivity contribution >= 4 is 23.4 Å². The fraction of sp³-hybridized carbons (Fsp3) is 0.417. The lowest BCUT2D eigenvalue weighted by Crippen LogP contribution is -2.51. The molecule has 0 saturated heterocycles. The molecule has 1 saturated carbocycles. The summed E-state index contributed by atoms with van der Waals surface area (Å²) >= 11 is 6.12. The first kappa shape index (κ1) is 22.3. The van der Waals surface area contributed by atoms with Gasteiger partial charge in [0.2, 0.25) is 11.8 Å². The van der Waals surface area contributed by atoms with Crippen LogP contribution in [0.4, 0.5) is 4.39 Å². The Morgan fingerprint density at radius 3 is 2.50 bits per heavy atom. The van der Waals surface area contributed by atoms with Crippen molar-refractivity contribution in [2.75, 3.05) is 6.54 Å². The summed E-state index contributed by atoms with van der Waals surface area (Å²) in [4.78, 5) is 27.5. The topological polar surface area (TPSA) is 49.4 Å². The minimum Gasteiger partial charge on any atom is -0.352 e. The summed E-state index contributed by atoms with van der Waals surface area (Å²) < 4.78 is 14.2. The molecule has 1 N–H and O–H groups in total. The average molecular weight is 431 g/mol. The Kier molecular flexibility index (Phi) is 7.86. The van der Waals surface area contributed by atoms with Gasteiger partial charge in [0.25, 0.3) is 0 Å². The molecular formula is C24H28ClFN2O2. The summed E-state index contributed by atoms with van der Waals surface area (Å²) in [5.74, 6) is -0.989. The van der Waals surface area contributed by atoms with E-state index in [4.69, 9.17) is 11.6 Å². The summed E-state index contributed by atoms with van der Waals surface area (Å²) in [6.45, 7) is 2.10. The van der Waals surface area contributed by atoms with Crippen molar-refractivity contribution in [1.29, 1.82) is 0 Å². The van der Waals surface area contributed by atoms with Gasteiger partial charge < -0.3 is 10.2 Å². The number of rotatable bonds is 8. The van der Waals surface area contributed by atoms with E-state index in [1.807, 2.05) is 30.3 Å². The Bertz CT molecular complexity index is 849. The zero-order valence-corrected chi connectivity index (χ0v) is 18.0. The van der Waals surface area contributed by atoms with Gasteiger partial charge in [-0.05, 0) is 43.9 Å². The van der Waals surface area contributed by atoms with Crippen molar-refractivity contribution in [3.8, 4) is 0 Å². The van der Waals surface area contributed by atoms with E-state index in [-0.39, 0.29) is 34.9 Å². The van der Waals surface area contributed by atoms with Gasteiger partial charge in [0.15, 0.2) is 0 Å². The van der Waals surface area contributed by atoms with E-state index in [1.54, 1.807) is 17.9 Å². The van der Waals surface area contributed by atoms with Crippen LogP contribution in [0, 0.1) is 5.82 Å². The molecular weight excluding hydrogens is 403 g/mol. The third-order valence-corrected chi connectivity index (χ3v) is 6.10. The molecule has 0 heterocycles. The highest BCUT2D eigenvalue weighted by atomic mass is 35.5. The minimum atomic E-state index is -0.646. The first-order valence-corrected chi connectivity index (χ1v) is 10.9. The molecule has 0 bridgehead atoms. The Balaban J connectivity index is 1.74. The van der Waals surface area contributed by atoms with Crippen LogP contribution >= 0.6 is 11.6 Å². The van der Waals surface area contributed by atoms with E-state index in [9.17, 15) is 14.0 Å². The van der Waals surface area contributed by atoms with Gasteiger partial charge in [0.1, 0.15) is 11.9 Å². The molecule has 0 aromatic heterocycles. The number of carbonyl (C=O) groups is 2. The van der Waals surface area contributed by atoms with Crippen LogP contribution in [0.1, 0.15) is 43.7 Å². The SMILES string of the molecule is C[C@H](C(=O)NC1CCCC1)N(CCc1ccccc1)C(=O)Cc1c(F)cccc1Cl. The summed E-state index contributed by atoms with van der Waals surface area (Å²) in [6, 6.07) is 13.7. The van der Waals surface area contributed by atoms with Gasteiger partial charge in [-0.1, -0.05) is 60.8 Å². The molecule has 1 aliphatic carbocycles. The standard InChI is InChI=1S/C24H28ClFN2O2/c1-17(24(30)27-19-10-5-6-11-19)28(15-14-18-8-3-2-4-9-18)23(29)16-20-21(25)12-7-13-22(20)26/h2-4,7-9,12-13,17,19H,5-6,10-11,14-16H2,1H3,(H,27,30)/t17-/m1/s1. The molecule has 3 rings (SSSR count). The van der Waals surface area contributed by atoms with Crippen molar-refractivity contribution in [1.82, 2.24) is 10.2 Å². The van der Waals surface area contributed by atoms with E-state index in [0.717, 1.165) is 31.2 Å². The number of halogens is 2. The molecule has 0 unspecified atom stereocenters. The van der Waals surface area contributed by atoms with Gasteiger partial charge in [-0.25, -0.2) is 4.39 Å². The van der Waals surface area contributed by atoms with E-state index >= 15 is 0 Å². The summed E-state index contributed by atoms with van der Waals surface area (Å²) in [5, 5.41) is 3.28. The second kappa shape index (κ2) is 10.6. The van der Waals surface area contributed by atoms with Gasteiger partial charge in [-0.2, -0.15) is 0 Å². The Labute approximate surface area is 182 Å². The molecule has 1 aliphatic rings. The van der Waals surface area contributed by atoms with Crippen molar-refractivity contribution in [3.63, 3.8) is 0 Å². The van der Waals surface area contributed by atoms with Crippen LogP contribution in [0.25, 0.3) is 0 Å². The molecule has 1 fully saturated rings. The predicted octanol–water partition coefficient (Wildman–Crippen LogP) is 4.54. The number of carbonyl (C=O) groups excluding carboxylic acids is 2. The highest BCUT2D eigenvalue weighted by molar-refractivity contribution is 6.31.